The Morgan fingerprint density at radius 1 is 1.14 bits per heavy atom. The van der Waals surface area contributed by atoms with Crippen LogP contribution in [0.4, 0.5) is 0 Å². The number of fused-ring (bicyclic) bond motifs is 1. The largest absolute Gasteiger partial charge is 0.356 e. The van der Waals surface area contributed by atoms with Gasteiger partial charge in [-0.25, -0.2) is 8.42 Å². The van der Waals surface area contributed by atoms with Crippen LogP contribution >= 0.6 is 11.6 Å². The van der Waals surface area contributed by atoms with Crippen molar-refractivity contribution in [1.82, 2.24) is 14.4 Å². The van der Waals surface area contributed by atoms with E-state index in [0.29, 0.717) is 30.7 Å². The van der Waals surface area contributed by atoms with Gasteiger partial charge in [-0.05, 0) is 56.3 Å². The van der Waals surface area contributed by atoms with Gasteiger partial charge in [-0.2, -0.15) is 4.31 Å². The van der Waals surface area contributed by atoms with Crippen LogP contribution in [0.15, 0.2) is 57.9 Å². The average molecular weight is 420 g/mol. The first kappa shape index (κ1) is 19.4. The summed E-state index contributed by atoms with van der Waals surface area (Å²) in [7, 11) is -1.42. The Labute approximate surface area is 169 Å². The lowest BCUT2D eigenvalue weighted by Crippen LogP contribution is -2.45. The van der Waals surface area contributed by atoms with Gasteiger partial charge >= 0.3 is 0 Å². The van der Waals surface area contributed by atoms with Crippen molar-refractivity contribution in [2.45, 2.75) is 30.3 Å². The fraction of sp³-hybridized carbons (Fsp3) is 0.350. The fourth-order valence-corrected chi connectivity index (χ4v) is 5.29. The molecule has 1 fully saturated rings. The number of aromatic nitrogens is 1. The zero-order valence-corrected chi connectivity index (χ0v) is 17.2. The van der Waals surface area contributed by atoms with E-state index in [1.54, 1.807) is 28.6 Å². The van der Waals surface area contributed by atoms with Crippen LogP contribution in [0, 0.1) is 0 Å². The van der Waals surface area contributed by atoms with Gasteiger partial charge in [-0.1, -0.05) is 28.9 Å². The van der Waals surface area contributed by atoms with E-state index in [1.807, 2.05) is 24.3 Å². The molecule has 2 aromatic carbocycles. The van der Waals surface area contributed by atoms with Crippen molar-refractivity contribution < 1.29 is 12.9 Å². The molecule has 0 amide bonds. The zero-order valence-electron chi connectivity index (χ0n) is 15.6. The highest BCUT2D eigenvalue weighted by molar-refractivity contribution is 7.89. The van der Waals surface area contributed by atoms with Gasteiger partial charge in [0.25, 0.3) is 0 Å². The van der Waals surface area contributed by atoms with E-state index in [0.717, 1.165) is 29.5 Å². The van der Waals surface area contributed by atoms with Gasteiger partial charge in [0.2, 0.25) is 10.0 Å². The molecule has 1 saturated heterocycles. The summed E-state index contributed by atoms with van der Waals surface area (Å²) in [4.78, 5) is 2.52. The minimum absolute atomic E-state index is 0.290. The highest BCUT2D eigenvalue weighted by Crippen LogP contribution is 2.25. The van der Waals surface area contributed by atoms with E-state index in [1.165, 1.54) is 0 Å². The predicted octanol–water partition coefficient (Wildman–Crippen LogP) is 3.77. The van der Waals surface area contributed by atoms with Gasteiger partial charge < -0.3 is 4.52 Å². The molecule has 3 aromatic rings. The minimum Gasteiger partial charge on any atom is -0.356 e. The Morgan fingerprint density at radius 3 is 2.54 bits per heavy atom. The fourth-order valence-electron chi connectivity index (χ4n) is 3.70. The monoisotopic (exact) mass is 419 g/mol. The molecule has 8 heteroatoms. The molecule has 0 bridgehead atoms. The highest BCUT2D eigenvalue weighted by Gasteiger charge is 2.31. The van der Waals surface area contributed by atoms with Crippen molar-refractivity contribution >= 4 is 32.6 Å². The quantitative estimate of drug-likeness (QED) is 0.629. The third-order valence-corrected chi connectivity index (χ3v) is 7.51. The van der Waals surface area contributed by atoms with Crippen molar-refractivity contribution in [3.05, 3.63) is 59.2 Å². The molecule has 0 saturated carbocycles. The molecule has 1 aromatic heterocycles. The molecule has 0 radical (unpaired) electrons. The number of hydrogen-bond acceptors (Lipinski definition) is 5. The molecule has 148 valence electrons. The van der Waals surface area contributed by atoms with E-state index >= 15 is 0 Å². The number of benzene rings is 2. The SMILES string of the molecule is CN(Cc1noc2ccccc12)C1CCN(S(=O)(=O)c2ccc(Cl)cc2)CC1. The Morgan fingerprint density at radius 2 is 1.82 bits per heavy atom. The van der Waals surface area contributed by atoms with Gasteiger partial charge in [0.05, 0.1) is 4.90 Å². The van der Waals surface area contributed by atoms with E-state index in [9.17, 15) is 8.42 Å². The summed E-state index contributed by atoms with van der Waals surface area (Å²) in [5.74, 6) is 0. The second-order valence-electron chi connectivity index (χ2n) is 7.13. The lowest BCUT2D eigenvalue weighted by Gasteiger charge is -2.35. The first-order chi connectivity index (χ1) is 13.4. The van der Waals surface area contributed by atoms with E-state index in [-0.39, 0.29) is 4.90 Å². The number of para-hydroxylation sites is 1. The molecule has 6 nitrogen and oxygen atoms in total. The van der Waals surface area contributed by atoms with E-state index in [4.69, 9.17) is 16.1 Å². The van der Waals surface area contributed by atoms with E-state index < -0.39 is 10.0 Å². The first-order valence-electron chi connectivity index (χ1n) is 9.24. The number of piperidine rings is 1. The van der Waals surface area contributed by atoms with Crippen LogP contribution in [0.25, 0.3) is 11.0 Å². The van der Waals surface area contributed by atoms with Gasteiger partial charge in [0, 0.05) is 36.1 Å². The zero-order chi connectivity index (χ0) is 19.7. The summed E-state index contributed by atoms with van der Waals surface area (Å²) in [6, 6.07) is 14.5. The summed E-state index contributed by atoms with van der Waals surface area (Å²) in [6.45, 7) is 1.67. The van der Waals surface area contributed by atoms with Gasteiger partial charge in [-0.3, -0.25) is 4.90 Å². The topological polar surface area (TPSA) is 66.7 Å². The lowest BCUT2D eigenvalue weighted by molar-refractivity contribution is 0.159. The molecule has 0 spiro atoms. The van der Waals surface area contributed by atoms with Crippen LogP contribution < -0.4 is 0 Å². The third kappa shape index (κ3) is 3.80. The molecule has 28 heavy (non-hydrogen) atoms. The molecular weight excluding hydrogens is 398 g/mol. The van der Waals surface area contributed by atoms with Crippen LogP contribution in [0.5, 0.6) is 0 Å². The molecule has 1 aliphatic heterocycles. The van der Waals surface area contributed by atoms with E-state index in [2.05, 4.69) is 17.1 Å². The molecule has 0 unspecified atom stereocenters. The summed E-state index contributed by atoms with van der Waals surface area (Å²) in [5, 5.41) is 5.75. The number of halogens is 1. The maximum Gasteiger partial charge on any atom is 0.243 e. The molecule has 0 aliphatic carbocycles. The standard InChI is InChI=1S/C20H22ClN3O3S/c1-23(14-19-18-4-2-3-5-20(18)27-22-19)16-10-12-24(13-11-16)28(25,26)17-8-6-15(21)7-9-17/h2-9,16H,10-14H2,1H3. The number of hydrogen-bond donors (Lipinski definition) is 0. The maximum absolute atomic E-state index is 12.8. The molecule has 2 heterocycles. The molecule has 1 aliphatic rings. The van der Waals surface area contributed by atoms with Crippen molar-refractivity contribution in [3.63, 3.8) is 0 Å². The average Bonchev–Trinajstić information content (AvgIpc) is 3.11. The highest BCUT2D eigenvalue weighted by atomic mass is 35.5. The van der Waals surface area contributed by atoms with Crippen LogP contribution in [0.3, 0.4) is 0 Å². The Kier molecular flexibility index (Phi) is 5.42. The Balaban J connectivity index is 1.40. The number of sulfonamides is 1. The van der Waals surface area contributed by atoms with Crippen molar-refractivity contribution in [3.8, 4) is 0 Å². The summed E-state index contributed by atoms with van der Waals surface area (Å²) < 4.78 is 32.6. The van der Waals surface area contributed by atoms with Crippen LogP contribution in [-0.4, -0.2) is 49.0 Å². The van der Waals surface area contributed by atoms with Gasteiger partial charge in [-0.15, -0.1) is 0 Å². The van der Waals surface area contributed by atoms with Gasteiger partial charge in [0.1, 0.15) is 5.69 Å². The Hall–Kier alpha value is -1.93. The van der Waals surface area contributed by atoms with Crippen LogP contribution in [-0.2, 0) is 16.6 Å². The maximum atomic E-state index is 12.8. The molecule has 4 rings (SSSR count). The van der Waals surface area contributed by atoms with Crippen LogP contribution in [0.2, 0.25) is 5.02 Å². The second-order valence-corrected chi connectivity index (χ2v) is 9.50. The second kappa shape index (κ2) is 7.83. The normalized spacial score (nSPS) is 16.8. The predicted molar refractivity (Wildman–Crippen MR) is 109 cm³/mol. The Bertz CT molecular complexity index is 1060. The molecular formula is C20H22ClN3O3S. The summed E-state index contributed by atoms with van der Waals surface area (Å²) >= 11 is 5.87. The van der Waals surface area contributed by atoms with Crippen LogP contribution in [0.1, 0.15) is 18.5 Å². The summed E-state index contributed by atoms with van der Waals surface area (Å²) in [5.41, 5.74) is 1.70. The van der Waals surface area contributed by atoms with Crippen molar-refractivity contribution in [1.29, 1.82) is 0 Å². The smallest absolute Gasteiger partial charge is 0.243 e. The molecule has 0 atom stereocenters. The van der Waals surface area contributed by atoms with Gasteiger partial charge in [0.15, 0.2) is 5.58 Å². The first-order valence-corrected chi connectivity index (χ1v) is 11.1. The number of rotatable bonds is 5. The molecule has 0 N–H and O–H groups in total. The lowest BCUT2D eigenvalue weighted by atomic mass is 10.0. The van der Waals surface area contributed by atoms with Crippen molar-refractivity contribution in [2.24, 2.45) is 0 Å². The third-order valence-electron chi connectivity index (χ3n) is 5.35. The van der Waals surface area contributed by atoms with Crippen molar-refractivity contribution in [2.75, 3.05) is 20.1 Å². The summed E-state index contributed by atoms with van der Waals surface area (Å²) in [6.07, 6.45) is 1.55. The number of nitrogens with zero attached hydrogens (tertiary/aromatic N) is 3. The minimum atomic E-state index is -3.48.